The van der Waals surface area contributed by atoms with Gasteiger partial charge in [-0.2, -0.15) is 0 Å². The van der Waals surface area contributed by atoms with Crippen molar-refractivity contribution in [2.24, 2.45) is 5.73 Å². The highest BCUT2D eigenvalue weighted by Gasteiger charge is 2.11. The number of ether oxygens (including phenoxy) is 1. The molecule has 1 rings (SSSR count). The summed E-state index contributed by atoms with van der Waals surface area (Å²) in [5.41, 5.74) is 4.74. The number of rotatable bonds is 4. The maximum Gasteiger partial charge on any atom is 0.336 e. The fourth-order valence-electron chi connectivity index (χ4n) is 1.08. The summed E-state index contributed by atoms with van der Waals surface area (Å²) in [5, 5.41) is 10.7. The number of amides is 3. The Hall–Kier alpha value is -2.09. The number of carbonyl (C=O) groups is 3. The molecule has 0 bridgehead atoms. The van der Waals surface area contributed by atoms with E-state index in [0.717, 1.165) is 0 Å². The summed E-state index contributed by atoms with van der Waals surface area (Å²) in [6, 6.07) is 3.23. The van der Waals surface area contributed by atoms with E-state index in [1.54, 1.807) is 0 Å². The van der Waals surface area contributed by atoms with Gasteiger partial charge in [0.2, 0.25) is 0 Å². The van der Waals surface area contributed by atoms with E-state index in [9.17, 15) is 14.4 Å². The van der Waals surface area contributed by atoms with Gasteiger partial charge in [0.1, 0.15) is 5.75 Å². The van der Waals surface area contributed by atoms with Gasteiger partial charge in [0, 0.05) is 4.47 Å². The van der Waals surface area contributed by atoms with Gasteiger partial charge in [0.15, 0.2) is 6.61 Å². The van der Waals surface area contributed by atoms with Crippen LogP contribution in [0.2, 0.25) is 0 Å². The number of halogens is 1. The van der Waals surface area contributed by atoms with Crippen molar-refractivity contribution >= 4 is 33.8 Å². The molecular formula is C10H9BrN2O5. The van der Waals surface area contributed by atoms with Crippen molar-refractivity contribution in [3.8, 4) is 5.75 Å². The van der Waals surface area contributed by atoms with E-state index in [1.165, 1.54) is 18.2 Å². The molecule has 0 spiro atoms. The lowest BCUT2D eigenvalue weighted by atomic mass is 10.2. The highest BCUT2D eigenvalue weighted by molar-refractivity contribution is 9.10. The van der Waals surface area contributed by atoms with Crippen molar-refractivity contribution in [2.75, 3.05) is 6.61 Å². The van der Waals surface area contributed by atoms with Crippen LogP contribution >= 0.6 is 15.9 Å². The molecule has 0 unspecified atom stereocenters. The minimum atomic E-state index is -1.13. The Morgan fingerprint density at radius 3 is 2.61 bits per heavy atom. The third-order valence-corrected chi connectivity index (χ3v) is 2.49. The Bertz CT molecular complexity index is 503. The van der Waals surface area contributed by atoms with Gasteiger partial charge in [-0.25, -0.2) is 9.59 Å². The van der Waals surface area contributed by atoms with E-state index in [-0.39, 0.29) is 11.3 Å². The molecule has 8 heteroatoms. The number of carboxylic acids is 1. The predicted octanol–water partition coefficient (Wildman–Crippen LogP) is 0.721. The summed E-state index contributed by atoms with van der Waals surface area (Å²) >= 11 is 3.07. The summed E-state index contributed by atoms with van der Waals surface area (Å²) in [7, 11) is 0. The molecule has 96 valence electrons. The first-order valence-electron chi connectivity index (χ1n) is 4.65. The molecule has 0 aliphatic rings. The first kappa shape index (κ1) is 14.0. The van der Waals surface area contributed by atoms with Crippen LogP contribution in [0.15, 0.2) is 22.7 Å². The normalized spacial score (nSPS) is 9.61. The van der Waals surface area contributed by atoms with Crippen LogP contribution in [0.4, 0.5) is 4.79 Å². The molecule has 18 heavy (non-hydrogen) atoms. The molecule has 0 saturated heterocycles. The van der Waals surface area contributed by atoms with Crippen LogP contribution in [0.5, 0.6) is 5.75 Å². The van der Waals surface area contributed by atoms with Crippen molar-refractivity contribution in [1.82, 2.24) is 5.32 Å². The lowest BCUT2D eigenvalue weighted by Gasteiger charge is -2.07. The second-order valence-electron chi connectivity index (χ2n) is 3.15. The van der Waals surface area contributed by atoms with Crippen molar-refractivity contribution in [1.29, 1.82) is 0 Å². The number of hydrogen-bond donors (Lipinski definition) is 3. The van der Waals surface area contributed by atoms with Crippen LogP contribution in [-0.4, -0.2) is 29.6 Å². The van der Waals surface area contributed by atoms with Gasteiger partial charge in [-0.3, -0.25) is 10.1 Å². The summed E-state index contributed by atoms with van der Waals surface area (Å²) < 4.78 is 5.40. The van der Waals surface area contributed by atoms with Gasteiger partial charge in [-0.05, 0) is 34.1 Å². The standard InChI is InChI=1S/C10H9BrN2O5/c11-7-2-1-5(3-6(7)9(15)16)18-4-8(14)13-10(12)17/h1-3H,4H2,(H,15,16)(H3,12,13,14,17). The Morgan fingerprint density at radius 2 is 2.06 bits per heavy atom. The lowest BCUT2D eigenvalue weighted by molar-refractivity contribution is -0.121. The van der Waals surface area contributed by atoms with Gasteiger partial charge >= 0.3 is 12.0 Å². The van der Waals surface area contributed by atoms with Crippen LogP contribution < -0.4 is 15.8 Å². The molecule has 0 aliphatic carbocycles. The summed E-state index contributed by atoms with van der Waals surface area (Å²) in [6.45, 7) is -0.441. The fourth-order valence-corrected chi connectivity index (χ4v) is 1.50. The second-order valence-corrected chi connectivity index (χ2v) is 4.00. The number of imide groups is 1. The van der Waals surface area contributed by atoms with Crippen LogP contribution in [-0.2, 0) is 4.79 Å². The highest BCUT2D eigenvalue weighted by Crippen LogP contribution is 2.22. The summed E-state index contributed by atoms with van der Waals surface area (Å²) in [4.78, 5) is 32.2. The fraction of sp³-hybridized carbons (Fsp3) is 0.100. The third-order valence-electron chi connectivity index (χ3n) is 1.80. The maximum atomic E-state index is 11.1. The van der Waals surface area contributed by atoms with Gasteiger partial charge < -0.3 is 15.6 Å². The van der Waals surface area contributed by atoms with E-state index >= 15 is 0 Å². The van der Waals surface area contributed by atoms with Crippen LogP contribution in [0, 0.1) is 0 Å². The Morgan fingerprint density at radius 1 is 1.39 bits per heavy atom. The number of nitrogens with one attached hydrogen (secondary N) is 1. The SMILES string of the molecule is NC(=O)NC(=O)COc1ccc(Br)c(C(=O)O)c1. The zero-order valence-corrected chi connectivity index (χ0v) is 10.6. The van der Waals surface area contributed by atoms with Crippen molar-refractivity contribution in [3.05, 3.63) is 28.2 Å². The minimum absolute atomic E-state index is 0.00260. The van der Waals surface area contributed by atoms with Crippen LogP contribution in [0.3, 0.4) is 0 Å². The number of aromatic carboxylic acids is 1. The summed E-state index contributed by atoms with van der Waals surface area (Å²) in [6.07, 6.45) is 0. The number of nitrogens with two attached hydrogens (primary N) is 1. The number of carboxylic acid groups (broad SMARTS) is 1. The van der Waals surface area contributed by atoms with Crippen LogP contribution in [0.1, 0.15) is 10.4 Å². The van der Waals surface area contributed by atoms with Crippen molar-refractivity contribution < 1.29 is 24.2 Å². The number of hydrogen-bond acceptors (Lipinski definition) is 4. The predicted molar refractivity (Wildman–Crippen MR) is 64.3 cm³/mol. The molecule has 0 saturated carbocycles. The average molecular weight is 317 g/mol. The maximum absolute atomic E-state index is 11.1. The molecule has 0 heterocycles. The van der Waals surface area contributed by atoms with E-state index in [1.807, 2.05) is 5.32 Å². The Kier molecular flexibility index (Phi) is 4.67. The summed E-state index contributed by atoms with van der Waals surface area (Å²) in [5.74, 6) is -1.66. The zero-order valence-electron chi connectivity index (χ0n) is 8.97. The second kappa shape index (κ2) is 6.01. The van der Waals surface area contributed by atoms with Crippen molar-refractivity contribution in [2.45, 2.75) is 0 Å². The largest absolute Gasteiger partial charge is 0.484 e. The van der Waals surface area contributed by atoms with E-state index in [2.05, 4.69) is 15.9 Å². The molecule has 0 aromatic heterocycles. The molecule has 1 aromatic carbocycles. The molecule has 7 nitrogen and oxygen atoms in total. The van der Waals surface area contributed by atoms with Gasteiger partial charge in [-0.15, -0.1) is 0 Å². The molecule has 3 amide bonds. The van der Waals surface area contributed by atoms with Crippen LogP contribution in [0.25, 0.3) is 0 Å². The molecular weight excluding hydrogens is 308 g/mol. The van der Waals surface area contributed by atoms with Gasteiger partial charge in [-0.1, -0.05) is 0 Å². The molecule has 0 atom stereocenters. The molecule has 0 aliphatic heterocycles. The first-order chi connectivity index (χ1) is 8.40. The minimum Gasteiger partial charge on any atom is -0.484 e. The van der Waals surface area contributed by atoms with Crippen molar-refractivity contribution in [3.63, 3.8) is 0 Å². The monoisotopic (exact) mass is 316 g/mol. The molecule has 4 N–H and O–H groups in total. The smallest absolute Gasteiger partial charge is 0.336 e. The molecule has 0 radical (unpaired) electrons. The van der Waals surface area contributed by atoms with E-state index < -0.39 is 24.5 Å². The third kappa shape index (κ3) is 4.06. The number of urea groups is 1. The average Bonchev–Trinajstić information content (AvgIpc) is 2.26. The van der Waals surface area contributed by atoms with Gasteiger partial charge in [0.05, 0.1) is 5.56 Å². The van der Waals surface area contributed by atoms with E-state index in [4.69, 9.17) is 15.6 Å². The zero-order chi connectivity index (χ0) is 13.7. The molecule has 0 fully saturated rings. The lowest BCUT2D eigenvalue weighted by Crippen LogP contribution is -2.38. The first-order valence-corrected chi connectivity index (χ1v) is 5.44. The quantitative estimate of drug-likeness (QED) is 0.756. The molecule has 1 aromatic rings. The Labute approximate surface area is 110 Å². The Balaban J connectivity index is 2.69. The van der Waals surface area contributed by atoms with Gasteiger partial charge in [0.25, 0.3) is 5.91 Å². The number of carbonyl (C=O) groups excluding carboxylic acids is 2. The van der Waals surface area contributed by atoms with E-state index in [0.29, 0.717) is 4.47 Å². The highest BCUT2D eigenvalue weighted by atomic mass is 79.9. The number of primary amides is 1. The number of benzene rings is 1. The topological polar surface area (TPSA) is 119 Å².